The van der Waals surface area contributed by atoms with E-state index in [2.05, 4.69) is 10.5 Å². The number of methoxy groups -OCH3 is 2. The fraction of sp³-hybridized carbons (Fsp3) is 0.357. The summed E-state index contributed by atoms with van der Waals surface area (Å²) < 4.78 is 15.5. The molecule has 0 spiro atoms. The minimum atomic E-state index is 0.672. The summed E-state index contributed by atoms with van der Waals surface area (Å²) in [4.78, 5) is 0. The number of hydrogen-bond donors (Lipinski definition) is 1. The smallest absolute Gasteiger partial charge is 0.161 e. The van der Waals surface area contributed by atoms with Gasteiger partial charge in [-0.1, -0.05) is 11.2 Å². The Balaban J connectivity index is 1.92. The maximum absolute atomic E-state index is 5.26. The van der Waals surface area contributed by atoms with E-state index in [1.807, 2.05) is 31.2 Å². The van der Waals surface area contributed by atoms with Crippen molar-refractivity contribution >= 4 is 0 Å². The Hall–Kier alpha value is -2.01. The Morgan fingerprint density at radius 2 is 1.89 bits per heavy atom. The van der Waals surface area contributed by atoms with Gasteiger partial charge in [0.15, 0.2) is 11.5 Å². The molecular weight excluding hydrogens is 244 g/mol. The summed E-state index contributed by atoms with van der Waals surface area (Å²) in [5, 5.41) is 7.23. The lowest BCUT2D eigenvalue weighted by atomic mass is 10.2. The highest BCUT2D eigenvalue weighted by Crippen LogP contribution is 2.27. The molecule has 0 fully saturated rings. The zero-order valence-electron chi connectivity index (χ0n) is 11.4. The fourth-order valence-electron chi connectivity index (χ4n) is 1.83. The van der Waals surface area contributed by atoms with Crippen LogP contribution < -0.4 is 14.8 Å². The minimum absolute atomic E-state index is 0.672. The van der Waals surface area contributed by atoms with Crippen molar-refractivity contribution in [3.8, 4) is 11.5 Å². The van der Waals surface area contributed by atoms with Crippen LogP contribution in [0, 0.1) is 6.92 Å². The number of aryl methyl sites for hydroxylation is 1. The van der Waals surface area contributed by atoms with Crippen molar-refractivity contribution < 1.29 is 14.0 Å². The Morgan fingerprint density at radius 3 is 2.53 bits per heavy atom. The van der Waals surface area contributed by atoms with Gasteiger partial charge in [-0.25, -0.2) is 0 Å². The van der Waals surface area contributed by atoms with Crippen molar-refractivity contribution in [2.24, 2.45) is 0 Å². The molecule has 1 aromatic carbocycles. The first-order chi connectivity index (χ1) is 9.22. The summed E-state index contributed by atoms with van der Waals surface area (Å²) in [5.41, 5.74) is 2.02. The van der Waals surface area contributed by atoms with Crippen LogP contribution in [0.4, 0.5) is 0 Å². The predicted molar refractivity (Wildman–Crippen MR) is 71.3 cm³/mol. The van der Waals surface area contributed by atoms with Gasteiger partial charge in [0.2, 0.25) is 0 Å². The monoisotopic (exact) mass is 262 g/mol. The lowest BCUT2D eigenvalue weighted by Crippen LogP contribution is -2.12. The van der Waals surface area contributed by atoms with E-state index in [0.29, 0.717) is 6.54 Å². The van der Waals surface area contributed by atoms with Gasteiger partial charge in [-0.05, 0) is 24.6 Å². The molecule has 102 valence electrons. The van der Waals surface area contributed by atoms with Gasteiger partial charge in [0, 0.05) is 19.2 Å². The quantitative estimate of drug-likeness (QED) is 0.865. The normalized spacial score (nSPS) is 10.5. The summed E-state index contributed by atoms with van der Waals surface area (Å²) >= 11 is 0. The number of nitrogens with one attached hydrogen (secondary N) is 1. The minimum Gasteiger partial charge on any atom is -0.493 e. The molecule has 0 saturated heterocycles. The molecule has 2 rings (SSSR count). The van der Waals surface area contributed by atoms with Crippen LogP contribution >= 0.6 is 0 Å². The molecular formula is C14H18N2O3. The molecule has 1 N–H and O–H groups in total. The van der Waals surface area contributed by atoms with E-state index in [4.69, 9.17) is 14.0 Å². The van der Waals surface area contributed by atoms with Gasteiger partial charge in [0.1, 0.15) is 5.76 Å². The molecule has 5 heteroatoms. The van der Waals surface area contributed by atoms with Crippen molar-refractivity contribution in [3.63, 3.8) is 0 Å². The zero-order valence-corrected chi connectivity index (χ0v) is 11.4. The van der Waals surface area contributed by atoms with Gasteiger partial charge >= 0.3 is 0 Å². The molecule has 0 aliphatic rings. The van der Waals surface area contributed by atoms with Crippen molar-refractivity contribution in [2.75, 3.05) is 14.2 Å². The fourth-order valence-corrected chi connectivity index (χ4v) is 1.83. The number of hydrogen-bond acceptors (Lipinski definition) is 5. The largest absolute Gasteiger partial charge is 0.493 e. The molecule has 0 radical (unpaired) electrons. The topological polar surface area (TPSA) is 56.5 Å². The molecule has 5 nitrogen and oxygen atoms in total. The van der Waals surface area contributed by atoms with E-state index in [1.54, 1.807) is 14.2 Å². The highest BCUT2D eigenvalue weighted by Gasteiger charge is 2.05. The predicted octanol–water partition coefficient (Wildman–Crippen LogP) is 2.29. The van der Waals surface area contributed by atoms with Crippen LogP contribution in [0.5, 0.6) is 11.5 Å². The Bertz CT molecular complexity index is 537. The first-order valence-corrected chi connectivity index (χ1v) is 6.06. The molecule has 0 amide bonds. The van der Waals surface area contributed by atoms with Crippen molar-refractivity contribution in [1.82, 2.24) is 10.5 Å². The Morgan fingerprint density at radius 1 is 1.11 bits per heavy atom. The van der Waals surface area contributed by atoms with E-state index in [-0.39, 0.29) is 0 Å². The average molecular weight is 262 g/mol. The lowest BCUT2D eigenvalue weighted by molar-refractivity contribution is 0.354. The molecule has 0 unspecified atom stereocenters. The van der Waals surface area contributed by atoms with E-state index in [1.165, 1.54) is 0 Å². The van der Waals surface area contributed by atoms with Crippen molar-refractivity contribution in [2.45, 2.75) is 20.0 Å². The molecule has 0 saturated carbocycles. The van der Waals surface area contributed by atoms with Crippen LogP contribution in [0.15, 0.2) is 28.8 Å². The highest BCUT2D eigenvalue weighted by molar-refractivity contribution is 5.42. The Labute approximate surface area is 112 Å². The summed E-state index contributed by atoms with van der Waals surface area (Å²) in [5.74, 6) is 2.29. The molecule has 0 aliphatic heterocycles. The molecule has 2 aromatic rings. The van der Waals surface area contributed by atoms with Crippen molar-refractivity contribution in [1.29, 1.82) is 0 Å². The maximum Gasteiger partial charge on any atom is 0.161 e. The van der Waals surface area contributed by atoms with Crippen LogP contribution in [0.1, 0.15) is 17.0 Å². The molecule has 0 bridgehead atoms. The molecule has 1 heterocycles. The third-order valence-electron chi connectivity index (χ3n) is 2.76. The van der Waals surface area contributed by atoms with Crippen molar-refractivity contribution in [3.05, 3.63) is 41.3 Å². The first-order valence-electron chi connectivity index (χ1n) is 6.06. The van der Waals surface area contributed by atoms with Gasteiger partial charge in [0.05, 0.1) is 19.9 Å². The zero-order chi connectivity index (χ0) is 13.7. The second-order valence-electron chi connectivity index (χ2n) is 4.22. The summed E-state index contributed by atoms with van der Waals surface area (Å²) in [6, 6.07) is 7.78. The third kappa shape index (κ3) is 3.48. The van der Waals surface area contributed by atoms with Gasteiger partial charge in [0.25, 0.3) is 0 Å². The van der Waals surface area contributed by atoms with Gasteiger partial charge in [-0.15, -0.1) is 0 Å². The lowest BCUT2D eigenvalue weighted by Gasteiger charge is -2.09. The maximum atomic E-state index is 5.26. The van der Waals surface area contributed by atoms with E-state index in [9.17, 15) is 0 Å². The third-order valence-corrected chi connectivity index (χ3v) is 2.76. The van der Waals surface area contributed by atoms with Crippen LogP contribution in [0.2, 0.25) is 0 Å². The summed E-state index contributed by atoms with van der Waals surface area (Å²) in [6.45, 7) is 3.28. The number of aromatic nitrogens is 1. The molecule has 0 atom stereocenters. The average Bonchev–Trinajstić information content (AvgIpc) is 2.84. The summed E-state index contributed by atoms with van der Waals surface area (Å²) in [6.07, 6.45) is 0. The highest BCUT2D eigenvalue weighted by atomic mass is 16.5. The number of benzene rings is 1. The van der Waals surface area contributed by atoms with Crippen LogP contribution in [0.3, 0.4) is 0 Å². The van der Waals surface area contributed by atoms with Crippen LogP contribution in [0.25, 0.3) is 0 Å². The van der Waals surface area contributed by atoms with E-state index >= 15 is 0 Å². The second-order valence-corrected chi connectivity index (χ2v) is 4.22. The molecule has 19 heavy (non-hydrogen) atoms. The SMILES string of the molecule is COc1ccc(CNCc2cc(C)on2)cc1OC. The van der Waals surface area contributed by atoms with E-state index < -0.39 is 0 Å². The molecule has 1 aromatic heterocycles. The summed E-state index contributed by atoms with van der Waals surface area (Å²) in [7, 11) is 3.26. The Kier molecular flexibility index (Phi) is 4.41. The van der Waals surface area contributed by atoms with Crippen LogP contribution in [-0.2, 0) is 13.1 Å². The molecule has 0 aliphatic carbocycles. The number of nitrogens with zero attached hydrogens (tertiary/aromatic N) is 1. The standard InChI is InChI=1S/C14H18N2O3/c1-10-6-12(16-19-10)9-15-8-11-4-5-13(17-2)14(7-11)18-3/h4-7,15H,8-9H2,1-3H3. The van der Waals surface area contributed by atoms with Crippen LogP contribution in [-0.4, -0.2) is 19.4 Å². The second kappa shape index (κ2) is 6.24. The first kappa shape index (κ1) is 13.4. The van der Waals surface area contributed by atoms with E-state index in [0.717, 1.165) is 35.1 Å². The van der Waals surface area contributed by atoms with Gasteiger partial charge in [-0.2, -0.15) is 0 Å². The number of rotatable bonds is 6. The van der Waals surface area contributed by atoms with Gasteiger partial charge in [-0.3, -0.25) is 0 Å². The number of ether oxygens (including phenoxy) is 2. The van der Waals surface area contributed by atoms with Gasteiger partial charge < -0.3 is 19.3 Å².